The number of amides is 1. The molecule has 2 aromatic rings. The molecule has 0 aromatic heterocycles. The van der Waals surface area contributed by atoms with E-state index >= 15 is 0 Å². The number of carbonyl (C=O) groups is 1. The molecule has 1 amide bonds. The summed E-state index contributed by atoms with van der Waals surface area (Å²) >= 11 is 3.38. The molecule has 0 fully saturated rings. The van der Waals surface area contributed by atoms with Gasteiger partial charge in [0.05, 0.1) is 24.4 Å². The first-order valence-corrected chi connectivity index (χ1v) is 10.3. The first-order valence-electron chi connectivity index (χ1n) is 7.63. The lowest BCUT2D eigenvalue weighted by molar-refractivity contribution is 0.102. The van der Waals surface area contributed by atoms with Crippen molar-refractivity contribution in [1.82, 2.24) is 0 Å². The minimum absolute atomic E-state index is 0.337. The molecule has 2 N–H and O–H groups in total. The van der Waals surface area contributed by atoms with Crippen LogP contribution in [0.5, 0.6) is 11.5 Å². The molecule has 0 heterocycles. The van der Waals surface area contributed by atoms with Crippen LogP contribution in [-0.2, 0) is 10.0 Å². The van der Waals surface area contributed by atoms with E-state index in [0.717, 1.165) is 6.26 Å². The van der Waals surface area contributed by atoms with Crippen molar-refractivity contribution in [1.29, 1.82) is 0 Å². The number of sulfonamides is 1. The van der Waals surface area contributed by atoms with Gasteiger partial charge in [0, 0.05) is 16.9 Å². The predicted octanol–water partition coefficient (Wildman–Crippen LogP) is 3.48. The largest absolute Gasteiger partial charge is 0.493 e. The van der Waals surface area contributed by atoms with Crippen molar-refractivity contribution < 1.29 is 22.7 Å². The van der Waals surface area contributed by atoms with Crippen molar-refractivity contribution in [3.8, 4) is 11.5 Å². The van der Waals surface area contributed by atoms with Gasteiger partial charge in [0.2, 0.25) is 10.0 Å². The summed E-state index contributed by atoms with van der Waals surface area (Å²) < 4.78 is 36.2. The lowest BCUT2D eigenvalue weighted by Crippen LogP contribution is -2.13. The maximum absolute atomic E-state index is 12.5. The van der Waals surface area contributed by atoms with Gasteiger partial charge >= 0.3 is 0 Å². The molecular formula is C17H19BrN2O5S. The first-order chi connectivity index (χ1) is 12.2. The second-order valence-corrected chi connectivity index (χ2v) is 7.93. The molecule has 0 radical (unpaired) electrons. The van der Waals surface area contributed by atoms with Crippen LogP contribution in [0.4, 0.5) is 11.4 Å². The van der Waals surface area contributed by atoms with Crippen LogP contribution in [0.15, 0.2) is 40.9 Å². The van der Waals surface area contributed by atoms with E-state index in [1.165, 1.54) is 7.11 Å². The Morgan fingerprint density at radius 2 is 1.77 bits per heavy atom. The molecule has 2 rings (SSSR count). The summed E-state index contributed by atoms with van der Waals surface area (Å²) in [6, 6.07) is 9.56. The zero-order chi connectivity index (χ0) is 19.3. The van der Waals surface area contributed by atoms with Gasteiger partial charge in [-0.1, -0.05) is 0 Å². The minimum atomic E-state index is -3.35. The maximum Gasteiger partial charge on any atom is 0.255 e. The Kier molecular flexibility index (Phi) is 6.49. The lowest BCUT2D eigenvalue weighted by Gasteiger charge is -2.13. The average Bonchev–Trinajstić information content (AvgIpc) is 2.57. The Hall–Kier alpha value is -2.26. The highest BCUT2D eigenvalue weighted by Crippen LogP contribution is 2.36. The van der Waals surface area contributed by atoms with Gasteiger partial charge in [0.1, 0.15) is 0 Å². The fourth-order valence-corrected chi connectivity index (χ4v) is 3.30. The third kappa shape index (κ3) is 5.37. The molecule has 2 aromatic carbocycles. The topological polar surface area (TPSA) is 93.7 Å². The van der Waals surface area contributed by atoms with Crippen molar-refractivity contribution in [2.45, 2.75) is 6.92 Å². The van der Waals surface area contributed by atoms with E-state index in [0.29, 0.717) is 39.5 Å². The SMILES string of the molecule is CCOc1c(Br)cc(C(=O)Nc2ccc(NS(C)(=O)=O)cc2)cc1OC. The van der Waals surface area contributed by atoms with E-state index in [1.54, 1.807) is 36.4 Å². The zero-order valence-electron chi connectivity index (χ0n) is 14.5. The molecular weight excluding hydrogens is 424 g/mol. The molecule has 0 saturated heterocycles. The number of halogens is 1. The monoisotopic (exact) mass is 442 g/mol. The molecule has 9 heteroatoms. The van der Waals surface area contributed by atoms with Gasteiger partial charge in [-0.25, -0.2) is 8.42 Å². The van der Waals surface area contributed by atoms with Gasteiger partial charge in [-0.05, 0) is 59.3 Å². The van der Waals surface area contributed by atoms with Gasteiger partial charge in [-0.2, -0.15) is 0 Å². The highest BCUT2D eigenvalue weighted by Gasteiger charge is 2.15. The third-order valence-electron chi connectivity index (χ3n) is 3.23. The number of rotatable bonds is 7. The Morgan fingerprint density at radius 3 is 2.31 bits per heavy atom. The molecule has 0 unspecified atom stereocenters. The average molecular weight is 443 g/mol. The molecule has 0 aliphatic rings. The second-order valence-electron chi connectivity index (χ2n) is 5.33. The molecule has 0 aliphatic carbocycles. The van der Waals surface area contributed by atoms with Gasteiger partial charge in [0.15, 0.2) is 11.5 Å². The summed E-state index contributed by atoms with van der Waals surface area (Å²) in [6.45, 7) is 2.32. The molecule has 0 aliphatic heterocycles. The summed E-state index contributed by atoms with van der Waals surface area (Å²) in [6.07, 6.45) is 1.07. The van der Waals surface area contributed by atoms with E-state index in [-0.39, 0.29) is 5.91 Å². The van der Waals surface area contributed by atoms with Gasteiger partial charge < -0.3 is 14.8 Å². The molecule has 0 saturated carbocycles. The number of benzene rings is 2. The van der Waals surface area contributed by atoms with E-state index in [9.17, 15) is 13.2 Å². The van der Waals surface area contributed by atoms with Crippen LogP contribution in [-0.4, -0.2) is 34.3 Å². The van der Waals surface area contributed by atoms with E-state index < -0.39 is 10.0 Å². The molecule has 140 valence electrons. The lowest BCUT2D eigenvalue weighted by atomic mass is 10.1. The molecule has 0 atom stereocenters. The van der Waals surface area contributed by atoms with Gasteiger partial charge in [-0.15, -0.1) is 0 Å². The van der Waals surface area contributed by atoms with Crippen LogP contribution >= 0.6 is 15.9 Å². The number of nitrogens with one attached hydrogen (secondary N) is 2. The third-order valence-corrected chi connectivity index (χ3v) is 4.42. The molecule has 7 nitrogen and oxygen atoms in total. The molecule has 0 bridgehead atoms. The van der Waals surface area contributed by atoms with E-state index in [2.05, 4.69) is 26.0 Å². The van der Waals surface area contributed by atoms with Crippen molar-refractivity contribution in [2.24, 2.45) is 0 Å². The predicted molar refractivity (Wildman–Crippen MR) is 105 cm³/mol. The minimum Gasteiger partial charge on any atom is -0.493 e. The second kappa shape index (κ2) is 8.41. The van der Waals surface area contributed by atoms with E-state index in [4.69, 9.17) is 9.47 Å². The Balaban J connectivity index is 2.18. The van der Waals surface area contributed by atoms with Crippen LogP contribution in [0.25, 0.3) is 0 Å². The van der Waals surface area contributed by atoms with Crippen LogP contribution in [0, 0.1) is 0 Å². The van der Waals surface area contributed by atoms with E-state index in [1.807, 2.05) is 6.92 Å². The summed E-state index contributed by atoms with van der Waals surface area (Å²) in [5, 5.41) is 2.74. The number of hydrogen-bond donors (Lipinski definition) is 2. The summed E-state index contributed by atoms with van der Waals surface area (Å²) in [5.41, 5.74) is 1.32. The van der Waals surface area contributed by atoms with Crippen molar-refractivity contribution >= 4 is 43.2 Å². The van der Waals surface area contributed by atoms with Crippen LogP contribution in [0.1, 0.15) is 17.3 Å². The fraction of sp³-hybridized carbons (Fsp3) is 0.235. The number of methoxy groups -OCH3 is 1. The zero-order valence-corrected chi connectivity index (χ0v) is 16.9. The van der Waals surface area contributed by atoms with Gasteiger partial charge in [0.25, 0.3) is 5.91 Å². The summed E-state index contributed by atoms with van der Waals surface area (Å²) in [7, 11) is -1.85. The molecule has 0 spiro atoms. The highest BCUT2D eigenvalue weighted by atomic mass is 79.9. The molecule has 26 heavy (non-hydrogen) atoms. The Morgan fingerprint density at radius 1 is 1.15 bits per heavy atom. The quantitative estimate of drug-likeness (QED) is 0.684. The smallest absolute Gasteiger partial charge is 0.255 e. The van der Waals surface area contributed by atoms with Crippen molar-refractivity contribution in [3.05, 3.63) is 46.4 Å². The Labute approximate surface area is 160 Å². The normalized spacial score (nSPS) is 10.9. The van der Waals surface area contributed by atoms with Gasteiger partial charge in [-0.3, -0.25) is 9.52 Å². The fourth-order valence-electron chi connectivity index (χ4n) is 2.17. The van der Waals surface area contributed by atoms with Crippen LogP contribution < -0.4 is 19.5 Å². The number of anilines is 2. The number of hydrogen-bond acceptors (Lipinski definition) is 5. The number of carbonyl (C=O) groups excluding carboxylic acids is 1. The highest BCUT2D eigenvalue weighted by molar-refractivity contribution is 9.10. The summed E-state index contributed by atoms with van der Waals surface area (Å²) in [4.78, 5) is 12.5. The van der Waals surface area contributed by atoms with Crippen LogP contribution in [0.2, 0.25) is 0 Å². The first kappa shape index (κ1) is 20.1. The Bertz CT molecular complexity index is 898. The maximum atomic E-state index is 12.5. The van der Waals surface area contributed by atoms with Crippen LogP contribution in [0.3, 0.4) is 0 Å². The standard InChI is InChI=1S/C17H19BrN2O5S/c1-4-25-16-14(18)9-11(10-15(16)24-2)17(21)19-12-5-7-13(8-6-12)20-26(3,22)23/h5-10,20H,4H2,1-3H3,(H,19,21). The van der Waals surface area contributed by atoms with Crippen molar-refractivity contribution in [2.75, 3.05) is 30.0 Å². The summed E-state index contributed by atoms with van der Waals surface area (Å²) in [5.74, 6) is 0.637. The van der Waals surface area contributed by atoms with Crippen molar-refractivity contribution in [3.63, 3.8) is 0 Å². The number of ether oxygens (including phenoxy) is 2.